The molecule has 2 fully saturated rings. The molecule has 2 aliphatic rings. The maximum atomic E-state index is 13.5. The Hall–Kier alpha value is -2.41. The predicted octanol–water partition coefficient (Wildman–Crippen LogP) is 3.73. The lowest BCUT2D eigenvalue weighted by atomic mass is 9.93. The first-order chi connectivity index (χ1) is 16.2. The van der Waals surface area contributed by atoms with E-state index in [0.717, 1.165) is 24.2 Å². The van der Waals surface area contributed by atoms with Gasteiger partial charge in [-0.15, -0.1) is 0 Å². The van der Waals surface area contributed by atoms with Gasteiger partial charge in [-0.05, 0) is 50.1 Å². The maximum Gasteiger partial charge on any atom is 0.245 e. The highest BCUT2D eigenvalue weighted by Crippen LogP contribution is 2.51. The van der Waals surface area contributed by atoms with Gasteiger partial charge in [-0.1, -0.05) is 53.5 Å². The van der Waals surface area contributed by atoms with Crippen molar-refractivity contribution >= 4 is 40.8 Å². The van der Waals surface area contributed by atoms with Crippen LogP contribution in [0.25, 0.3) is 0 Å². The number of ketones is 1. The Labute approximate surface area is 210 Å². The molecule has 0 aromatic heterocycles. The summed E-state index contributed by atoms with van der Waals surface area (Å²) in [4.78, 5) is 42.7. The summed E-state index contributed by atoms with van der Waals surface area (Å²) in [5.41, 5.74) is 1.50. The number of halogens is 2. The Morgan fingerprint density at radius 2 is 1.65 bits per heavy atom. The van der Waals surface area contributed by atoms with Crippen molar-refractivity contribution in [1.29, 1.82) is 0 Å². The molecule has 6 nitrogen and oxygen atoms in total. The highest BCUT2D eigenvalue weighted by Gasteiger charge is 2.53. The van der Waals surface area contributed by atoms with Gasteiger partial charge in [-0.3, -0.25) is 14.4 Å². The van der Waals surface area contributed by atoms with Crippen LogP contribution in [0.15, 0.2) is 42.5 Å². The van der Waals surface area contributed by atoms with Gasteiger partial charge in [0, 0.05) is 48.2 Å². The minimum atomic E-state index is -0.735. The first-order valence-corrected chi connectivity index (χ1v) is 12.3. The number of amides is 2. The van der Waals surface area contributed by atoms with E-state index < -0.39 is 11.5 Å². The third kappa shape index (κ3) is 5.29. The molecular weight excluding hydrogens is 473 g/mol. The SMILES string of the molecule is CC(=O)c1ccc(C[C@H](NC(=O)C2(c3ccc(Cl)cc3Cl)CC2)C(=O)N2CCN(C)CC2)cc1. The Kier molecular flexibility index (Phi) is 7.31. The van der Waals surface area contributed by atoms with Crippen molar-refractivity contribution < 1.29 is 14.4 Å². The van der Waals surface area contributed by atoms with Crippen LogP contribution in [0.2, 0.25) is 10.0 Å². The van der Waals surface area contributed by atoms with Crippen LogP contribution < -0.4 is 5.32 Å². The third-order valence-corrected chi connectivity index (χ3v) is 7.40. The summed E-state index contributed by atoms with van der Waals surface area (Å²) >= 11 is 12.5. The molecular formula is C26H29Cl2N3O3. The van der Waals surface area contributed by atoms with Crippen LogP contribution >= 0.6 is 23.2 Å². The summed E-state index contributed by atoms with van der Waals surface area (Å²) in [6.45, 7) is 4.36. The number of hydrogen-bond acceptors (Lipinski definition) is 4. The lowest BCUT2D eigenvalue weighted by Gasteiger charge is -2.35. The molecule has 2 amide bonds. The average molecular weight is 502 g/mol. The summed E-state index contributed by atoms with van der Waals surface area (Å²) < 4.78 is 0. The summed E-state index contributed by atoms with van der Waals surface area (Å²) in [6.07, 6.45) is 1.69. The van der Waals surface area contributed by atoms with Crippen LogP contribution in [0, 0.1) is 0 Å². The first kappa shape index (κ1) is 24.7. The molecule has 1 aliphatic carbocycles. The van der Waals surface area contributed by atoms with Crippen LogP contribution in [0.5, 0.6) is 0 Å². The predicted molar refractivity (Wildman–Crippen MR) is 134 cm³/mol. The van der Waals surface area contributed by atoms with E-state index in [-0.39, 0.29) is 17.6 Å². The average Bonchev–Trinajstić information content (AvgIpc) is 3.61. The van der Waals surface area contributed by atoms with Crippen LogP contribution in [0.3, 0.4) is 0 Å². The van der Waals surface area contributed by atoms with Crippen molar-refractivity contribution in [2.24, 2.45) is 0 Å². The topological polar surface area (TPSA) is 69.7 Å². The summed E-state index contributed by atoms with van der Waals surface area (Å²) in [5.74, 6) is -0.292. The minimum Gasteiger partial charge on any atom is -0.343 e. The number of piperazine rings is 1. The van der Waals surface area contributed by atoms with Gasteiger partial charge in [0.25, 0.3) is 0 Å². The molecule has 2 aromatic rings. The van der Waals surface area contributed by atoms with E-state index in [1.165, 1.54) is 6.92 Å². The van der Waals surface area contributed by atoms with Crippen molar-refractivity contribution in [3.8, 4) is 0 Å². The quantitative estimate of drug-likeness (QED) is 0.586. The number of carbonyl (C=O) groups is 3. The smallest absolute Gasteiger partial charge is 0.245 e. The Balaban J connectivity index is 1.56. The molecule has 1 atom stereocenters. The highest BCUT2D eigenvalue weighted by atomic mass is 35.5. The summed E-state index contributed by atoms with van der Waals surface area (Å²) in [6, 6.07) is 11.7. The van der Waals surface area contributed by atoms with Crippen LogP contribution in [-0.4, -0.2) is 66.7 Å². The summed E-state index contributed by atoms with van der Waals surface area (Å²) in [5, 5.41) is 4.03. The summed E-state index contributed by atoms with van der Waals surface area (Å²) in [7, 11) is 2.03. The number of nitrogens with one attached hydrogen (secondary N) is 1. The van der Waals surface area contributed by atoms with Gasteiger partial charge in [-0.25, -0.2) is 0 Å². The maximum absolute atomic E-state index is 13.5. The molecule has 1 N–H and O–H groups in total. The molecule has 4 rings (SSSR count). The van der Waals surface area contributed by atoms with Crippen molar-refractivity contribution in [2.45, 2.75) is 37.6 Å². The second-order valence-corrected chi connectivity index (χ2v) is 10.2. The number of Topliss-reactive ketones (excluding diaryl/α,β-unsaturated/α-hetero) is 1. The zero-order valence-electron chi connectivity index (χ0n) is 19.4. The standard InChI is InChI=1S/C26H29Cl2N3O3/c1-17(32)19-5-3-18(4-6-19)15-23(24(33)31-13-11-30(2)12-14-31)29-25(34)26(9-10-26)21-8-7-20(27)16-22(21)28/h3-8,16,23H,9-15H2,1-2H3,(H,29,34)/t23-/m0/s1. The van der Waals surface area contributed by atoms with Crippen molar-refractivity contribution in [3.63, 3.8) is 0 Å². The zero-order valence-corrected chi connectivity index (χ0v) is 21.0. The lowest BCUT2D eigenvalue weighted by Crippen LogP contribution is -2.56. The number of likely N-dealkylation sites (N-methyl/N-ethyl adjacent to an activating group) is 1. The van der Waals surface area contributed by atoms with E-state index in [1.54, 1.807) is 30.3 Å². The van der Waals surface area contributed by atoms with E-state index in [2.05, 4.69) is 10.2 Å². The van der Waals surface area contributed by atoms with E-state index in [9.17, 15) is 14.4 Å². The fourth-order valence-electron chi connectivity index (χ4n) is 4.48. The molecule has 0 unspecified atom stereocenters. The second-order valence-electron chi connectivity index (χ2n) is 9.32. The van der Waals surface area contributed by atoms with E-state index >= 15 is 0 Å². The van der Waals surface area contributed by atoms with E-state index in [4.69, 9.17) is 23.2 Å². The third-order valence-electron chi connectivity index (χ3n) is 6.85. The second kappa shape index (κ2) is 10.1. The molecule has 2 aromatic carbocycles. The van der Waals surface area contributed by atoms with Gasteiger partial charge in [0.1, 0.15) is 6.04 Å². The normalized spacial score (nSPS) is 18.3. The van der Waals surface area contributed by atoms with Gasteiger partial charge in [-0.2, -0.15) is 0 Å². The molecule has 180 valence electrons. The highest BCUT2D eigenvalue weighted by molar-refractivity contribution is 6.35. The molecule has 1 heterocycles. The van der Waals surface area contributed by atoms with Crippen LogP contribution in [0.1, 0.15) is 41.3 Å². The molecule has 0 bridgehead atoms. The lowest BCUT2D eigenvalue weighted by molar-refractivity contribution is -0.138. The zero-order chi connectivity index (χ0) is 24.5. The van der Waals surface area contributed by atoms with Gasteiger partial charge < -0.3 is 15.1 Å². The molecule has 1 saturated carbocycles. The largest absolute Gasteiger partial charge is 0.343 e. The van der Waals surface area contributed by atoms with Gasteiger partial charge >= 0.3 is 0 Å². The van der Waals surface area contributed by atoms with Crippen molar-refractivity contribution in [1.82, 2.24) is 15.1 Å². The number of carbonyl (C=O) groups excluding carboxylic acids is 3. The van der Waals surface area contributed by atoms with Crippen LogP contribution in [-0.2, 0) is 21.4 Å². The fourth-order valence-corrected chi connectivity index (χ4v) is 5.07. The van der Waals surface area contributed by atoms with E-state index in [1.807, 2.05) is 24.1 Å². The molecule has 1 aliphatic heterocycles. The van der Waals surface area contributed by atoms with Gasteiger partial charge in [0.2, 0.25) is 11.8 Å². The van der Waals surface area contributed by atoms with Crippen molar-refractivity contribution in [3.05, 3.63) is 69.2 Å². The molecule has 8 heteroatoms. The Morgan fingerprint density at radius 1 is 1.00 bits per heavy atom. The fraction of sp³-hybridized carbons (Fsp3) is 0.423. The molecule has 0 radical (unpaired) electrons. The monoisotopic (exact) mass is 501 g/mol. The minimum absolute atomic E-state index is 0.0135. The Bertz CT molecular complexity index is 1090. The first-order valence-electron chi connectivity index (χ1n) is 11.5. The molecule has 34 heavy (non-hydrogen) atoms. The van der Waals surface area contributed by atoms with Crippen LogP contribution in [0.4, 0.5) is 0 Å². The molecule has 0 spiro atoms. The van der Waals surface area contributed by atoms with Crippen molar-refractivity contribution in [2.75, 3.05) is 33.2 Å². The Morgan fingerprint density at radius 3 is 2.21 bits per heavy atom. The number of nitrogens with zero attached hydrogens (tertiary/aromatic N) is 2. The van der Waals surface area contributed by atoms with E-state index in [0.29, 0.717) is 48.0 Å². The molecule has 1 saturated heterocycles. The number of benzene rings is 2. The number of rotatable bonds is 7. The van der Waals surface area contributed by atoms with Gasteiger partial charge in [0.15, 0.2) is 5.78 Å². The number of hydrogen-bond donors (Lipinski definition) is 1. The van der Waals surface area contributed by atoms with Gasteiger partial charge in [0.05, 0.1) is 5.41 Å².